The highest BCUT2D eigenvalue weighted by atomic mass is 79.9. The zero-order valence-corrected chi connectivity index (χ0v) is 12.9. The van der Waals surface area contributed by atoms with Crippen LogP contribution < -0.4 is 4.74 Å². The van der Waals surface area contributed by atoms with Gasteiger partial charge in [0.05, 0.1) is 16.3 Å². The van der Waals surface area contributed by atoms with Gasteiger partial charge in [-0.05, 0) is 36.8 Å². The van der Waals surface area contributed by atoms with Crippen molar-refractivity contribution >= 4 is 33.5 Å². The van der Waals surface area contributed by atoms with E-state index >= 15 is 0 Å². The molecule has 20 heavy (non-hydrogen) atoms. The van der Waals surface area contributed by atoms with Gasteiger partial charge in [-0.2, -0.15) is 0 Å². The molecule has 0 bridgehead atoms. The molecule has 2 rings (SSSR count). The molecule has 0 unspecified atom stereocenters. The molecule has 2 aromatic rings. The Balaban J connectivity index is 2.11. The lowest BCUT2D eigenvalue weighted by atomic mass is 10.2. The number of aryl methyl sites for hydroxylation is 1. The molecule has 0 aliphatic rings. The van der Waals surface area contributed by atoms with Crippen LogP contribution in [0.2, 0.25) is 5.02 Å². The van der Waals surface area contributed by atoms with Crippen LogP contribution in [0.5, 0.6) is 5.75 Å². The van der Waals surface area contributed by atoms with E-state index in [1.807, 2.05) is 13.0 Å². The molecular formula is C14H11BrClNO3. The number of hydrogen-bond acceptors (Lipinski definition) is 3. The van der Waals surface area contributed by atoms with Gasteiger partial charge in [-0.3, -0.25) is 4.98 Å². The minimum atomic E-state index is -1.00. The molecule has 1 aromatic carbocycles. The minimum Gasteiger partial charge on any atom is -0.485 e. The predicted molar refractivity (Wildman–Crippen MR) is 79.4 cm³/mol. The summed E-state index contributed by atoms with van der Waals surface area (Å²) in [6, 6.07) is 6.77. The molecule has 0 spiro atoms. The summed E-state index contributed by atoms with van der Waals surface area (Å²) in [6.07, 6.45) is 1.30. The van der Waals surface area contributed by atoms with Gasteiger partial charge in [-0.25, -0.2) is 4.79 Å². The van der Waals surface area contributed by atoms with Gasteiger partial charge in [-0.15, -0.1) is 0 Å². The highest BCUT2D eigenvalue weighted by Gasteiger charge is 2.08. The first-order valence-electron chi connectivity index (χ1n) is 5.74. The predicted octanol–water partition coefficient (Wildman–Crippen LogP) is 4.08. The van der Waals surface area contributed by atoms with E-state index in [0.29, 0.717) is 16.5 Å². The van der Waals surface area contributed by atoms with Crippen LogP contribution in [0.4, 0.5) is 0 Å². The zero-order chi connectivity index (χ0) is 14.7. The van der Waals surface area contributed by atoms with Gasteiger partial charge in [-0.1, -0.05) is 27.5 Å². The number of pyridine rings is 1. The lowest BCUT2D eigenvalue weighted by Crippen LogP contribution is -2.02. The summed E-state index contributed by atoms with van der Waals surface area (Å²) in [5, 5.41) is 9.30. The SMILES string of the molecule is Cc1cc(Br)cc(Cl)c1OCc1ccc(C(=O)O)cn1. The number of aromatic carboxylic acids is 1. The number of aromatic nitrogens is 1. The van der Waals surface area contributed by atoms with E-state index in [1.165, 1.54) is 12.3 Å². The standard InChI is InChI=1S/C14H11BrClNO3/c1-8-4-10(15)5-12(16)13(8)20-7-11-3-2-9(6-17-11)14(18)19/h2-6H,7H2,1H3,(H,18,19). The second-order valence-corrected chi connectivity index (χ2v) is 5.49. The number of carboxylic acid groups (broad SMARTS) is 1. The van der Waals surface area contributed by atoms with E-state index in [2.05, 4.69) is 20.9 Å². The molecule has 6 heteroatoms. The van der Waals surface area contributed by atoms with Gasteiger partial charge in [0.15, 0.2) is 0 Å². The number of carboxylic acids is 1. The molecule has 0 fully saturated rings. The molecule has 0 amide bonds. The smallest absolute Gasteiger partial charge is 0.337 e. The summed E-state index contributed by atoms with van der Waals surface area (Å²) in [5.41, 5.74) is 1.69. The quantitative estimate of drug-likeness (QED) is 0.896. The molecule has 104 valence electrons. The average molecular weight is 357 g/mol. The summed E-state index contributed by atoms with van der Waals surface area (Å²) in [6.45, 7) is 2.12. The minimum absolute atomic E-state index is 0.145. The molecular weight excluding hydrogens is 346 g/mol. The molecule has 0 aliphatic heterocycles. The maximum absolute atomic E-state index is 10.7. The first-order valence-corrected chi connectivity index (χ1v) is 6.91. The zero-order valence-electron chi connectivity index (χ0n) is 10.6. The molecule has 4 nitrogen and oxygen atoms in total. The summed E-state index contributed by atoms with van der Waals surface area (Å²) >= 11 is 9.47. The number of rotatable bonds is 4. The lowest BCUT2D eigenvalue weighted by molar-refractivity contribution is 0.0696. The Hall–Kier alpha value is -1.59. The molecule has 0 saturated carbocycles. The first-order chi connectivity index (χ1) is 9.47. The van der Waals surface area contributed by atoms with Crippen molar-refractivity contribution in [3.8, 4) is 5.75 Å². The van der Waals surface area contributed by atoms with Gasteiger partial charge in [0.1, 0.15) is 12.4 Å². The average Bonchev–Trinajstić information content (AvgIpc) is 2.38. The molecule has 0 saturated heterocycles. The third-order valence-electron chi connectivity index (χ3n) is 2.63. The Morgan fingerprint density at radius 3 is 2.75 bits per heavy atom. The van der Waals surface area contributed by atoms with E-state index in [0.717, 1.165) is 10.0 Å². The summed E-state index contributed by atoms with van der Waals surface area (Å²) in [4.78, 5) is 14.8. The molecule has 0 atom stereocenters. The Kier molecular flexibility index (Phi) is 4.62. The highest BCUT2D eigenvalue weighted by molar-refractivity contribution is 9.10. The van der Waals surface area contributed by atoms with Crippen LogP contribution in [0.3, 0.4) is 0 Å². The fourth-order valence-electron chi connectivity index (χ4n) is 1.65. The number of hydrogen-bond donors (Lipinski definition) is 1. The van der Waals surface area contributed by atoms with Gasteiger partial charge in [0.2, 0.25) is 0 Å². The molecule has 1 heterocycles. The van der Waals surface area contributed by atoms with E-state index in [1.54, 1.807) is 12.1 Å². The Morgan fingerprint density at radius 1 is 1.45 bits per heavy atom. The summed E-state index contributed by atoms with van der Waals surface area (Å²) in [7, 11) is 0. The number of nitrogens with zero attached hydrogens (tertiary/aromatic N) is 1. The van der Waals surface area contributed by atoms with E-state index < -0.39 is 5.97 Å². The maximum Gasteiger partial charge on any atom is 0.337 e. The van der Waals surface area contributed by atoms with Crippen molar-refractivity contribution in [2.45, 2.75) is 13.5 Å². The van der Waals surface area contributed by atoms with Crippen LogP contribution in [-0.2, 0) is 6.61 Å². The van der Waals surface area contributed by atoms with Crippen molar-refractivity contribution in [3.63, 3.8) is 0 Å². The first kappa shape index (κ1) is 14.8. The van der Waals surface area contributed by atoms with Crippen LogP contribution in [0.15, 0.2) is 34.9 Å². The monoisotopic (exact) mass is 355 g/mol. The third kappa shape index (κ3) is 3.49. The Bertz CT molecular complexity index is 620. The van der Waals surface area contributed by atoms with Crippen molar-refractivity contribution in [1.29, 1.82) is 0 Å². The lowest BCUT2D eigenvalue weighted by Gasteiger charge is -2.11. The molecule has 0 aliphatic carbocycles. The second-order valence-electron chi connectivity index (χ2n) is 4.17. The summed E-state index contributed by atoms with van der Waals surface area (Å²) < 4.78 is 6.53. The van der Waals surface area contributed by atoms with Crippen molar-refractivity contribution in [3.05, 3.63) is 56.8 Å². The molecule has 1 aromatic heterocycles. The fraction of sp³-hybridized carbons (Fsp3) is 0.143. The molecule has 0 radical (unpaired) electrons. The largest absolute Gasteiger partial charge is 0.485 e. The van der Waals surface area contributed by atoms with E-state index in [4.69, 9.17) is 21.4 Å². The van der Waals surface area contributed by atoms with Gasteiger partial charge < -0.3 is 9.84 Å². The maximum atomic E-state index is 10.7. The van der Waals surface area contributed by atoms with E-state index in [-0.39, 0.29) is 12.2 Å². The second kappa shape index (κ2) is 6.24. The Labute approximate surface area is 129 Å². The van der Waals surface area contributed by atoms with Crippen molar-refractivity contribution < 1.29 is 14.6 Å². The summed E-state index contributed by atoms with van der Waals surface area (Å²) in [5.74, 6) is -0.407. The van der Waals surface area contributed by atoms with Gasteiger partial charge >= 0.3 is 5.97 Å². The number of benzene rings is 1. The van der Waals surface area contributed by atoms with Gasteiger partial charge in [0.25, 0.3) is 0 Å². The van der Waals surface area contributed by atoms with Crippen molar-refractivity contribution in [2.24, 2.45) is 0 Å². The third-order valence-corrected chi connectivity index (χ3v) is 3.37. The van der Waals surface area contributed by atoms with Crippen LogP contribution in [0, 0.1) is 6.92 Å². The van der Waals surface area contributed by atoms with Crippen LogP contribution in [0.25, 0.3) is 0 Å². The topological polar surface area (TPSA) is 59.4 Å². The number of halogens is 2. The number of ether oxygens (including phenoxy) is 1. The Morgan fingerprint density at radius 2 is 2.20 bits per heavy atom. The fourth-order valence-corrected chi connectivity index (χ4v) is 2.68. The normalized spacial score (nSPS) is 10.3. The molecule has 1 N–H and O–H groups in total. The van der Waals surface area contributed by atoms with Crippen molar-refractivity contribution in [2.75, 3.05) is 0 Å². The van der Waals surface area contributed by atoms with Gasteiger partial charge in [0, 0.05) is 10.7 Å². The number of carbonyl (C=O) groups is 1. The highest BCUT2D eigenvalue weighted by Crippen LogP contribution is 2.32. The van der Waals surface area contributed by atoms with Crippen LogP contribution >= 0.6 is 27.5 Å². The van der Waals surface area contributed by atoms with Crippen LogP contribution in [-0.4, -0.2) is 16.1 Å². The van der Waals surface area contributed by atoms with Crippen molar-refractivity contribution in [1.82, 2.24) is 4.98 Å². The van der Waals surface area contributed by atoms with Crippen LogP contribution in [0.1, 0.15) is 21.6 Å². The van der Waals surface area contributed by atoms with E-state index in [9.17, 15) is 4.79 Å².